The van der Waals surface area contributed by atoms with Crippen LogP contribution in [0, 0.1) is 6.92 Å². The molecule has 1 saturated heterocycles. The van der Waals surface area contributed by atoms with Crippen molar-refractivity contribution in [2.75, 3.05) is 19.8 Å². The number of thiazole rings is 1. The van der Waals surface area contributed by atoms with Crippen molar-refractivity contribution in [1.82, 2.24) is 4.98 Å². The van der Waals surface area contributed by atoms with Crippen LogP contribution in [0.3, 0.4) is 0 Å². The molecule has 0 bridgehead atoms. The van der Waals surface area contributed by atoms with Gasteiger partial charge in [-0.15, -0.1) is 11.3 Å². The van der Waals surface area contributed by atoms with Gasteiger partial charge in [0, 0.05) is 10.9 Å². The molecule has 2 rings (SSSR count). The van der Waals surface area contributed by atoms with Crippen molar-refractivity contribution < 1.29 is 9.47 Å². The van der Waals surface area contributed by atoms with Gasteiger partial charge in [-0.25, -0.2) is 4.98 Å². The predicted molar refractivity (Wildman–Crippen MR) is 59.0 cm³/mol. The molecule has 1 aliphatic heterocycles. The Kier molecular flexibility index (Phi) is 3.35. The molecule has 4 nitrogen and oxygen atoms in total. The van der Waals surface area contributed by atoms with Crippen LogP contribution in [0.25, 0.3) is 0 Å². The molecule has 0 saturated carbocycles. The summed E-state index contributed by atoms with van der Waals surface area (Å²) in [5.74, 6) is 0. The second-order valence-corrected chi connectivity index (χ2v) is 4.79. The van der Waals surface area contributed by atoms with Gasteiger partial charge >= 0.3 is 0 Å². The molecule has 5 heteroatoms. The van der Waals surface area contributed by atoms with E-state index in [4.69, 9.17) is 15.2 Å². The van der Waals surface area contributed by atoms with Gasteiger partial charge in [0.1, 0.15) is 11.1 Å². The minimum absolute atomic E-state index is 0.00468. The average molecular weight is 228 g/mol. The third-order valence-electron chi connectivity index (χ3n) is 2.35. The molecule has 2 atom stereocenters. The Balaban J connectivity index is 2.17. The van der Waals surface area contributed by atoms with Gasteiger partial charge in [-0.3, -0.25) is 0 Å². The summed E-state index contributed by atoms with van der Waals surface area (Å²) in [6, 6.07) is 0.0424. The lowest BCUT2D eigenvalue weighted by molar-refractivity contribution is -0.0902. The van der Waals surface area contributed by atoms with Gasteiger partial charge in [0.25, 0.3) is 0 Å². The average Bonchev–Trinajstić information content (AvgIpc) is 2.62. The molecule has 1 aromatic rings. The van der Waals surface area contributed by atoms with E-state index < -0.39 is 0 Å². The smallest absolute Gasteiger partial charge is 0.132 e. The van der Waals surface area contributed by atoms with Crippen molar-refractivity contribution in [3.63, 3.8) is 0 Å². The van der Waals surface area contributed by atoms with Gasteiger partial charge in [0.05, 0.1) is 25.5 Å². The van der Waals surface area contributed by atoms with E-state index in [0.29, 0.717) is 19.8 Å². The van der Waals surface area contributed by atoms with E-state index >= 15 is 0 Å². The fourth-order valence-corrected chi connectivity index (χ4v) is 2.67. The maximum atomic E-state index is 5.86. The van der Waals surface area contributed by atoms with E-state index in [1.165, 1.54) is 0 Å². The van der Waals surface area contributed by atoms with Gasteiger partial charge in [-0.05, 0) is 13.8 Å². The Morgan fingerprint density at radius 3 is 2.87 bits per heavy atom. The van der Waals surface area contributed by atoms with Crippen molar-refractivity contribution in [2.45, 2.75) is 26.0 Å². The molecular weight excluding hydrogens is 212 g/mol. The quantitative estimate of drug-likeness (QED) is 0.834. The summed E-state index contributed by atoms with van der Waals surface area (Å²) in [4.78, 5) is 5.63. The van der Waals surface area contributed by atoms with Crippen LogP contribution in [-0.2, 0) is 9.47 Å². The van der Waals surface area contributed by atoms with E-state index in [1.54, 1.807) is 11.3 Å². The molecule has 2 heterocycles. The predicted octanol–water partition coefficient (Wildman–Crippen LogP) is 1.56. The van der Waals surface area contributed by atoms with Gasteiger partial charge in [0.2, 0.25) is 0 Å². The Bertz CT molecular complexity index is 332. The van der Waals surface area contributed by atoms with Gasteiger partial charge in [-0.1, -0.05) is 0 Å². The third-order valence-corrected chi connectivity index (χ3v) is 3.80. The minimum Gasteiger partial charge on any atom is -0.376 e. The Morgan fingerprint density at radius 2 is 2.33 bits per heavy atom. The van der Waals surface area contributed by atoms with E-state index in [-0.39, 0.29) is 12.1 Å². The van der Waals surface area contributed by atoms with Gasteiger partial charge in [0.15, 0.2) is 0 Å². The summed E-state index contributed by atoms with van der Waals surface area (Å²) in [5, 5.41) is 0.986. The number of rotatable bonds is 2. The number of ether oxygens (including phenoxy) is 2. The van der Waals surface area contributed by atoms with Gasteiger partial charge in [-0.2, -0.15) is 0 Å². The van der Waals surface area contributed by atoms with Crippen LogP contribution in [0.1, 0.15) is 34.6 Å². The first kappa shape index (κ1) is 11.0. The largest absolute Gasteiger partial charge is 0.376 e. The van der Waals surface area contributed by atoms with Crippen molar-refractivity contribution in [3.05, 3.63) is 15.6 Å². The summed E-state index contributed by atoms with van der Waals surface area (Å²) in [5.41, 5.74) is 6.87. The van der Waals surface area contributed by atoms with Crippen LogP contribution in [0.5, 0.6) is 0 Å². The second-order valence-electron chi connectivity index (χ2n) is 3.72. The van der Waals surface area contributed by atoms with Crippen LogP contribution in [0.15, 0.2) is 0 Å². The van der Waals surface area contributed by atoms with Crippen molar-refractivity contribution in [3.8, 4) is 0 Å². The van der Waals surface area contributed by atoms with Crippen LogP contribution >= 0.6 is 11.3 Å². The van der Waals surface area contributed by atoms with Gasteiger partial charge < -0.3 is 15.2 Å². The summed E-state index contributed by atoms with van der Waals surface area (Å²) in [7, 11) is 0. The summed E-state index contributed by atoms with van der Waals surface area (Å²) >= 11 is 1.63. The van der Waals surface area contributed by atoms with Crippen LogP contribution in [0.2, 0.25) is 0 Å². The van der Waals surface area contributed by atoms with Crippen molar-refractivity contribution in [1.29, 1.82) is 0 Å². The molecule has 2 N–H and O–H groups in total. The topological polar surface area (TPSA) is 57.4 Å². The Labute approximate surface area is 93.4 Å². The lowest BCUT2D eigenvalue weighted by Gasteiger charge is -2.20. The lowest BCUT2D eigenvalue weighted by atomic mass is 10.2. The summed E-state index contributed by atoms with van der Waals surface area (Å²) in [6.45, 7) is 5.90. The zero-order valence-electron chi connectivity index (χ0n) is 9.03. The van der Waals surface area contributed by atoms with E-state index in [0.717, 1.165) is 15.6 Å². The number of hydrogen-bond acceptors (Lipinski definition) is 5. The highest BCUT2D eigenvalue weighted by Gasteiger charge is 2.22. The first-order valence-corrected chi connectivity index (χ1v) is 5.92. The molecule has 0 radical (unpaired) electrons. The Hall–Kier alpha value is -0.490. The Morgan fingerprint density at radius 1 is 1.53 bits per heavy atom. The monoisotopic (exact) mass is 228 g/mol. The zero-order valence-corrected chi connectivity index (χ0v) is 9.84. The number of aromatic nitrogens is 1. The SMILES string of the molecule is Cc1nc(C2COCCO2)sc1C(C)N. The molecule has 1 aromatic heterocycles. The fourth-order valence-electron chi connectivity index (χ4n) is 1.62. The fraction of sp³-hybridized carbons (Fsp3) is 0.700. The number of aryl methyl sites for hydroxylation is 1. The van der Waals surface area contributed by atoms with Crippen LogP contribution in [-0.4, -0.2) is 24.8 Å². The highest BCUT2D eigenvalue weighted by Crippen LogP contribution is 2.30. The number of nitrogens with two attached hydrogens (primary N) is 1. The third kappa shape index (κ3) is 2.36. The van der Waals surface area contributed by atoms with E-state index in [2.05, 4.69) is 4.98 Å². The summed E-state index contributed by atoms with van der Waals surface area (Å²) < 4.78 is 11.0. The zero-order chi connectivity index (χ0) is 10.8. The summed E-state index contributed by atoms with van der Waals surface area (Å²) in [6.07, 6.45) is -0.00468. The first-order valence-electron chi connectivity index (χ1n) is 5.10. The maximum absolute atomic E-state index is 5.86. The maximum Gasteiger partial charge on any atom is 0.132 e. The molecule has 15 heavy (non-hydrogen) atoms. The molecule has 0 aliphatic carbocycles. The first-order chi connectivity index (χ1) is 7.18. The second kappa shape index (κ2) is 4.57. The highest BCUT2D eigenvalue weighted by atomic mass is 32.1. The number of nitrogens with zero attached hydrogens (tertiary/aromatic N) is 1. The normalized spacial score (nSPS) is 24.1. The standard InChI is InChI=1S/C10H16N2O2S/c1-6(11)9-7(2)12-10(15-9)8-5-13-3-4-14-8/h6,8H,3-5,11H2,1-2H3. The molecule has 84 valence electrons. The molecule has 0 amide bonds. The van der Waals surface area contributed by atoms with E-state index in [9.17, 15) is 0 Å². The molecule has 1 aliphatic rings. The highest BCUT2D eigenvalue weighted by molar-refractivity contribution is 7.11. The number of hydrogen-bond donors (Lipinski definition) is 1. The lowest BCUT2D eigenvalue weighted by Crippen LogP contribution is -2.21. The molecule has 2 unspecified atom stereocenters. The van der Waals surface area contributed by atoms with Crippen molar-refractivity contribution in [2.24, 2.45) is 5.73 Å². The van der Waals surface area contributed by atoms with Crippen LogP contribution < -0.4 is 5.73 Å². The molecule has 1 fully saturated rings. The molecule has 0 spiro atoms. The molecule has 0 aromatic carbocycles. The minimum atomic E-state index is -0.00468. The van der Waals surface area contributed by atoms with Crippen LogP contribution in [0.4, 0.5) is 0 Å². The van der Waals surface area contributed by atoms with E-state index in [1.807, 2.05) is 13.8 Å². The molecular formula is C10H16N2O2S. The van der Waals surface area contributed by atoms with Crippen molar-refractivity contribution >= 4 is 11.3 Å².